The van der Waals surface area contributed by atoms with E-state index in [1.807, 2.05) is 18.0 Å². The van der Waals surface area contributed by atoms with Crippen molar-refractivity contribution in [3.05, 3.63) is 22.6 Å². The number of hydrogen-bond acceptors (Lipinski definition) is 8. The molecule has 2 aromatic heterocycles. The van der Waals surface area contributed by atoms with Crippen LogP contribution in [0.25, 0.3) is 0 Å². The summed E-state index contributed by atoms with van der Waals surface area (Å²) in [4.78, 5) is 27.8. The molecule has 11 heteroatoms. The molecule has 1 atom stereocenters. The lowest BCUT2D eigenvalue weighted by atomic mass is 10.3. The lowest BCUT2D eigenvalue weighted by Crippen LogP contribution is -2.34. The number of nitrogens with one attached hydrogen (secondary N) is 2. The van der Waals surface area contributed by atoms with E-state index in [9.17, 15) is 4.79 Å². The number of anilines is 3. The fourth-order valence-corrected chi connectivity index (χ4v) is 4.61. The van der Waals surface area contributed by atoms with Gasteiger partial charge in [0.1, 0.15) is 5.82 Å². The van der Waals surface area contributed by atoms with Gasteiger partial charge in [0, 0.05) is 58.1 Å². The maximum absolute atomic E-state index is 12.3. The van der Waals surface area contributed by atoms with Crippen molar-refractivity contribution in [3.8, 4) is 0 Å². The first-order valence-electron chi connectivity index (χ1n) is 11.6. The molecule has 0 radical (unpaired) electrons. The molecule has 2 aliphatic rings. The van der Waals surface area contributed by atoms with E-state index in [1.54, 1.807) is 6.20 Å². The fourth-order valence-electron chi connectivity index (χ4n) is 4.28. The Morgan fingerprint density at radius 1 is 1.18 bits per heavy atom. The van der Waals surface area contributed by atoms with Gasteiger partial charge in [0.15, 0.2) is 0 Å². The summed E-state index contributed by atoms with van der Waals surface area (Å²) >= 11 is 3.53. The largest absolute Gasteiger partial charge is 0.369 e. The highest BCUT2D eigenvalue weighted by molar-refractivity contribution is 9.10. The van der Waals surface area contributed by atoms with E-state index in [0.717, 1.165) is 80.3 Å². The van der Waals surface area contributed by atoms with E-state index < -0.39 is 0 Å². The number of likely N-dealkylation sites (N-methyl/N-ethyl adjacent to an activating group) is 2. The second-order valence-corrected chi connectivity index (χ2v) is 9.90. The number of likely N-dealkylation sites (tertiary alicyclic amines) is 1. The standard InChI is InChI=1S/C22H34BrN9O/c1-16-19(15-32(28-16)17-5-9-30(3)14-17)26-22-25-13-18(23)21(27-22)24-7-4-8-31-12-11-29(2)10-6-20(31)33/h13,15,17H,4-12,14H2,1-3H3,(H2,24,25,26,27). The van der Waals surface area contributed by atoms with Crippen LogP contribution in [0.3, 0.4) is 0 Å². The van der Waals surface area contributed by atoms with Crippen molar-refractivity contribution in [2.24, 2.45) is 0 Å². The van der Waals surface area contributed by atoms with E-state index in [0.29, 0.717) is 18.4 Å². The maximum Gasteiger partial charge on any atom is 0.229 e. The number of rotatable bonds is 8. The first-order valence-corrected chi connectivity index (χ1v) is 12.4. The van der Waals surface area contributed by atoms with Crippen molar-refractivity contribution in [2.45, 2.75) is 32.2 Å². The Balaban J connectivity index is 1.32. The van der Waals surface area contributed by atoms with E-state index in [-0.39, 0.29) is 5.91 Å². The molecule has 180 valence electrons. The summed E-state index contributed by atoms with van der Waals surface area (Å²) in [7, 11) is 4.21. The lowest BCUT2D eigenvalue weighted by molar-refractivity contribution is -0.130. The van der Waals surface area contributed by atoms with Crippen LogP contribution in [0.5, 0.6) is 0 Å². The van der Waals surface area contributed by atoms with Crippen molar-refractivity contribution < 1.29 is 4.79 Å². The summed E-state index contributed by atoms with van der Waals surface area (Å²) in [5.74, 6) is 1.50. The molecule has 0 spiro atoms. The highest BCUT2D eigenvalue weighted by Crippen LogP contribution is 2.26. The van der Waals surface area contributed by atoms with Crippen molar-refractivity contribution in [1.29, 1.82) is 0 Å². The van der Waals surface area contributed by atoms with E-state index in [4.69, 9.17) is 5.10 Å². The molecule has 33 heavy (non-hydrogen) atoms. The molecule has 0 bridgehead atoms. The zero-order valence-corrected chi connectivity index (χ0v) is 21.3. The van der Waals surface area contributed by atoms with E-state index in [2.05, 4.69) is 65.1 Å². The number of amides is 1. The van der Waals surface area contributed by atoms with Gasteiger partial charge in [0.2, 0.25) is 11.9 Å². The van der Waals surface area contributed by atoms with Crippen molar-refractivity contribution in [3.63, 3.8) is 0 Å². The van der Waals surface area contributed by atoms with Gasteiger partial charge < -0.3 is 25.3 Å². The first kappa shape index (κ1) is 23.9. The Bertz CT molecular complexity index is 965. The Morgan fingerprint density at radius 2 is 2.03 bits per heavy atom. The van der Waals surface area contributed by atoms with Gasteiger partial charge in [-0.1, -0.05) is 0 Å². The summed E-state index contributed by atoms with van der Waals surface area (Å²) < 4.78 is 2.86. The van der Waals surface area contributed by atoms with Crippen LogP contribution in [0.4, 0.5) is 17.5 Å². The maximum atomic E-state index is 12.3. The van der Waals surface area contributed by atoms with Crippen LogP contribution in [0.2, 0.25) is 0 Å². The molecule has 1 unspecified atom stereocenters. The second-order valence-electron chi connectivity index (χ2n) is 9.04. The highest BCUT2D eigenvalue weighted by atomic mass is 79.9. The third kappa shape index (κ3) is 6.21. The molecular weight excluding hydrogens is 486 g/mol. The Kier molecular flexibility index (Phi) is 7.82. The normalized spacial score (nSPS) is 20.3. The van der Waals surface area contributed by atoms with Crippen LogP contribution in [0, 0.1) is 6.92 Å². The average molecular weight is 520 g/mol. The van der Waals surface area contributed by atoms with Gasteiger partial charge in [-0.3, -0.25) is 9.48 Å². The summed E-state index contributed by atoms with van der Waals surface area (Å²) in [5.41, 5.74) is 1.85. The quantitative estimate of drug-likeness (QED) is 0.513. The van der Waals surface area contributed by atoms with Crippen LogP contribution in [-0.2, 0) is 4.79 Å². The third-order valence-electron chi connectivity index (χ3n) is 6.36. The molecule has 2 N–H and O–H groups in total. The van der Waals surface area contributed by atoms with Crippen LogP contribution in [-0.4, -0.2) is 100 Å². The van der Waals surface area contributed by atoms with Gasteiger partial charge in [-0.15, -0.1) is 0 Å². The zero-order chi connectivity index (χ0) is 23.4. The summed E-state index contributed by atoms with van der Waals surface area (Å²) in [6, 6.07) is 0.406. The summed E-state index contributed by atoms with van der Waals surface area (Å²) in [5, 5.41) is 11.4. The molecule has 4 heterocycles. The second kappa shape index (κ2) is 10.8. The number of carbonyl (C=O) groups is 1. The topological polar surface area (TPSA) is 94.5 Å². The van der Waals surface area contributed by atoms with E-state index in [1.165, 1.54) is 0 Å². The minimum atomic E-state index is 0.245. The Labute approximate surface area is 203 Å². The number of aromatic nitrogens is 4. The number of halogens is 1. The van der Waals surface area contributed by atoms with Gasteiger partial charge in [0.05, 0.1) is 21.9 Å². The van der Waals surface area contributed by atoms with Gasteiger partial charge in [-0.25, -0.2) is 4.98 Å². The molecule has 1 amide bonds. The van der Waals surface area contributed by atoms with Gasteiger partial charge in [0.25, 0.3) is 0 Å². The SMILES string of the molecule is Cc1nn(C2CCN(C)C2)cc1Nc1ncc(Br)c(NCCCN2CCN(C)CCC2=O)n1. The van der Waals surface area contributed by atoms with Crippen LogP contribution < -0.4 is 10.6 Å². The molecule has 4 rings (SSSR count). The number of carbonyl (C=O) groups excluding carboxylic acids is 1. The van der Waals surface area contributed by atoms with Crippen molar-refractivity contribution in [2.75, 3.05) is 70.5 Å². The molecule has 2 fully saturated rings. The number of nitrogens with zero attached hydrogens (tertiary/aromatic N) is 7. The monoisotopic (exact) mass is 519 g/mol. The molecule has 2 aliphatic heterocycles. The molecular formula is C22H34BrN9O. The third-order valence-corrected chi connectivity index (χ3v) is 6.94. The first-order chi connectivity index (χ1) is 15.9. The predicted molar refractivity (Wildman–Crippen MR) is 133 cm³/mol. The number of aryl methyl sites for hydroxylation is 1. The number of hydrogen-bond donors (Lipinski definition) is 2. The molecule has 0 aromatic carbocycles. The lowest BCUT2D eigenvalue weighted by Gasteiger charge is -2.21. The van der Waals surface area contributed by atoms with E-state index >= 15 is 0 Å². The fraction of sp³-hybridized carbons (Fsp3) is 0.636. The minimum Gasteiger partial charge on any atom is -0.369 e. The van der Waals surface area contributed by atoms with Crippen LogP contribution in [0.1, 0.15) is 31.0 Å². The Hall–Kier alpha value is -2.24. The van der Waals surface area contributed by atoms with Crippen molar-refractivity contribution in [1.82, 2.24) is 34.4 Å². The Morgan fingerprint density at radius 3 is 2.82 bits per heavy atom. The zero-order valence-electron chi connectivity index (χ0n) is 19.7. The molecule has 2 aromatic rings. The molecule has 0 aliphatic carbocycles. The minimum absolute atomic E-state index is 0.245. The van der Waals surface area contributed by atoms with Gasteiger partial charge in [-0.05, 0) is 56.3 Å². The van der Waals surface area contributed by atoms with Gasteiger partial charge in [-0.2, -0.15) is 10.1 Å². The van der Waals surface area contributed by atoms with Crippen LogP contribution in [0.15, 0.2) is 16.9 Å². The molecule has 2 saturated heterocycles. The van der Waals surface area contributed by atoms with Gasteiger partial charge >= 0.3 is 0 Å². The molecule has 0 saturated carbocycles. The highest BCUT2D eigenvalue weighted by Gasteiger charge is 2.23. The predicted octanol–water partition coefficient (Wildman–Crippen LogP) is 2.33. The van der Waals surface area contributed by atoms with Crippen molar-refractivity contribution >= 4 is 39.3 Å². The molecule has 10 nitrogen and oxygen atoms in total. The summed E-state index contributed by atoms with van der Waals surface area (Å²) in [6.45, 7) is 8.15. The summed E-state index contributed by atoms with van der Waals surface area (Å²) in [6.07, 6.45) is 6.37. The average Bonchev–Trinajstić information content (AvgIpc) is 3.34. The van der Waals surface area contributed by atoms with Crippen LogP contribution >= 0.6 is 15.9 Å². The smallest absolute Gasteiger partial charge is 0.229 e.